The van der Waals surface area contributed by atoms with Crippen molar-refractivity contribution in [1.29, 1.82) is 0 Å². The molecule has 0 unspecified atom stereocenters. The van der Waals surface area contributed by atoms with E-state index in [0.717, 1.165) is 5.69 Å². The van der Waals surface area contributed by atoms with Gasteiger partial charge in [-0.1, -0.05) is 12.1 Å². The predicted octanol–water partition coefficient (Wildman–Crippen LogP) is 2.01. The summed E-state index contributed by atoms with van der Waals surface area (Å²) in [6.45, 7) is 1.38. The van der Waals surface area contributed by atoms with Crippen molar-refractivity contribution in [2.75, 3.05) is 24.6 Å². The molecule has 2 aromatic rings. The molecule has 2 heterocycles. The van der Waals surface area contributed by atoms with E-state index < -0.39 is 0 Å². The van der Waals surface area contributed by atoms with Crippen LogP contribution in [0.2, 0.25) is 0 Å². The quantitative estimate of drug-likeness (QED) is 0.917. The number of cyclic esters (lactones) is 1. The van der Waals surface area contributed by atoms with E-state index in [9.17, 15) is 9.59 Å². The summed E-state index contributed by atoms with van der Waals surface area (Å²) >= 11 is 0. The lowest BCUT2D eigenvalue weighted by Gasteiger charge is -2.13. The molecule has 1 fully saturated rings. The minimum absolute atomic E-state index is 0.171. The van der Waals surface area contributed by atoms with Gasteiger partial charge in [-0.15, -0.1) is 0 Å². The fraction of sp³-hybridized carbons (Fsp3) is 0.235. The largest absolute Gasteiger partial charge is 0.447 e. The van der Waals surface area contributed by atoms with Gasteiger partial charge in [0.05, 0.1) is 6.54 Å². The topological polar surface area (TPSA) is 71.5 Å². The summed E-state index contributed by atoms with van der Waals surface area (Å²) in [6, 6.07) is 12.7. The average Bonchev–Trinajstić information content (AvgIpc) is 3.02. The van der Waals surface area contributed by atoms with Gasteiger partial charge in [0.2, 0.25) is 0 Å². The van der Waals surface area contributed by atoms with Gasteiger partial charge in [0.15, 0.2) is 0 Å². The SMILES string of the molecule is O=C(NCCc1ccccn1)c1cccc(N2CCOC2=O)c1. The maximum Gasteiger partial charge on any atom is 0.414 e. The van der Waals surface area contributed by atoms with Gasteiger partial charge in [-0.05, 0) is 30.3 Å². The van der Waals surface area contributed by atoms with Crippen molar-refractivity contribution >= 4 is 17.7 Å². The molecule has 3 rings (SSSR count). The lowest BCUT2D eigenvalue weighted by atomic mass is 10.1. The Morgan fingerprint density at radius 3 is 2.91 bits per heavy atom. The van der Waals surface area contributed by atoms with E-state index in [0.29, 0.717) is 37.4 Å². The molecule has 118 valence electrons. The van der Waals surface area contributed by atoms with Crippen LogP contribution in [0.3, 0.4) is 0 Å². The third-order valence-corrected chi connectivity index (χ3v) is 3.57. The number of ether oxygens (including phenoxy) is 1. The molecule has 2 amide bonds. The summed E-state index contributed by atoms with van der Waals surface area (Å²) < 4.78 is 4.91. The van der Waals surface area contributed by atoms with E-state index in [1.54, 1.807) is 30.5 Å². The molecule has 6 nitrogen and oxygen atoms in total. The molecule has 1 N–H and O–H groups in total. The van der Waals surface area contributed by atoms with E-state index in [1.165, 1.54) is 4.90 Å². The van der Waals surface area contributed by atoms with Gasteiger partial charge in [-0.3, -0.25) is 14.7 Å². The fourth-order valence-electron chi connectivity index (χ4n) is 2.40. The molecule has 6 heteroatoms. The first-order chi connectivity index (χ1) is 11.2. The number of nitrogens with zero attached hydrogens (tertiary/aromatic N) is 2. The minimum atomic E-state index is -0.377. The Morgan fingerprint density at radius 1 is 1.26 bits per heavy atom. The Labute approximate surface area is 134 Å². The lowest BCUT2D eigenvalue weighted by molar-refractivity contribution is 0.0954. The zero-order valence-corrected chi connectivity index (χ0v) is 12.6. The molecule has 1 saturated heterocycles. The molecule has 1 aliphatic rings. The number of anilines is 1. The highest BCUT2D eigenvalue weighted by molar-refractivity contribution is 5.97. The first-order valence-corrected chi connectivity index (χ1v) is 7.46. The van der Waals surface area contributed by atoms with Gasteiger partial charge in [0.25, 0.3) is 5.91 Å². The number of pyridine rings is 1. The van der Waals surface area contributed by atoms with Crippen LogP contribution in [-0.2, 0) is 11.2 Å². The molecule has 0 saturated carbocycles. The summed E-state index contributed by atoms with van der Waals surface area (Å²) in [5, 5.41) is 2.86. The summed E-state index contributed by atoms with van der Waals surface area (Å²) in [7, 11) is 0. The maximum atomic E-state index is 12.2. The second kappa shape index (κ2) is 6.91. The zero-order chi connectivity index (χ0) is 16.1. The van der Waals surface area contributed by atoms with E-state index in [1.807, 2.05) is 18.2 Å². The second-order valence-electron chi connectivity index (χ2n) is 5.14. The van der Waals surface area contributed by atoms with E-state index in [4.69, 9.17) is 4.74 Å². The van der Waals surface area contributed by atoms with Crippen molar-refractivity contribution in [3.05, 3.63) is 59.9 Å². The summed E-state index contributed by atoms with van der Waals surface area (Å²) in [6.07, 6.45) is 2.03. The van der Waals surface area contributed by atoms with Crippen LogP contribution in [0.5, 0.6) is 0 Å². The Morgan fingerprint density at radius 2 is 2.17 bits per heavy atom. The van der Waals surface area contributed by atoms with Gasteiger partial charge in [0, 0.05) is 36.1 Å². The van der Waals surface area contributed by atoms with Crippen molar-refractivity contribution in [3.8, 4) is 0 Å². The normalized spacial score (nSPS) is 13.7. The molecule has 23 heavy (non-hydrogen) atoms. The summed E-state index contributed by atoms with van der Waals surface area (Å²) in [5.74, 6) is -0.171. The highest BCUT2D eigenvalue weighted by Crippen LogP contribution is 2.19. The van der Waals surface area contributed by atoms with E-state index >= 15 is 0 Å². The molecule has 0 bridgehead atoms. The summed E-state index contributed by atoms with van der Waals surface area (Å²) in [4.78, 5) is 29.5. The number of amides is 2. The van der Waals surface area contributed by atoms with E-state index in [-0.39, 0.29) is 12.0 Å². The molecular weight excluding hydrogens is 294 g/mol. The third-order valence-electron chi connectivity index (χ3n) is 3.57. The zero-order valence-electron chi connectivity index (χ0n) is 12.6. The maximum absolute atomic E-state index is 12.2. The monoisotopic (exact) mass is 311 g/mol. The van der Waals surface area contributed by atoms with Crippen LogP contribution >= 0.6 is 0 Å². The molecule has 0 radical (unpaired) electrons. The van der Waals surface area contributed by atoms with Crippen LogP contribution in [0.1, 0.15) is 16.1 Å². The Bertz CT molecular complexity index is 703. The van der Waals surface area contributed by atoms with Crippen LogP contribution in [0.4, 0.5) is 10.5 Å². The lowest BCUT2D eigenvalue weighted by Crippen LogP contribution is -2.27. The number of benzene rings is 1. The number of carbonyl (C=O) groups is 2. The van der Waals surface area contributed by atoms with Crippen LogP contribution in [0.15, 0.2) is 48.7 Å². The molecule has 1 aliphatic heterocycles. The van der Waals surface area contributed by atoms with Crippen molar-refractivity contribution in [2.24, 2.45) is 0 Å². The number of carbonyl (C=O) groups excluding carboxylic acids is 2. The Balaban J connectivity index is 1.60. The summed E-state index contributed by atoms with van der Waals surface area (Å²) in [5.41, 5.74) is 2.12. The average molecular weight is 311 g/mol. The standard InChI is InChI=1S/C17H17N3O3/c21-16(19-9-7-14-5-1-2-8-18-14)13-4-3-6-15(12-13)20-10-11-23-17(20)22/h1-6,8,12H,7,9-11H2,(H,19,21). The molecule has 0 aliphatic carbocycles. The van der Waals surface area contributed by atoms with Gasteiger partial charge in [-0.2, -0.15) is 0 Å². The van der Waals surface area contributed by atoms with Crippen molar-refractivity contribution in [1.82, 2.24) is 10.3 Å². The van der Waals surface area contributed by atoms with Gasteiger partial charge < -0.3 is 10.1 Å². The third kappa shape index (κ3) is 3.66. The minimum Gasteiger partial charge on any atom is -0.447 e. The number of rotatable bonds is 5. The van der Waals surface area contributed by atoms with Crippen LogP contribution < -0.4 is 10.2 Å². The van der Waals surface area contributed by atoms with Gasteiger partial charge >= 0.3 is 6.09 Å². The van der Waals surface area contributed by atoms with Crippen LogP contribution in [0.25, 0.3) is 0 Å². The molecular formula is C17H17N3O3. The van der Waals surface area contributed by atoms with Gasteiger partial charge in [-0.25, -0.2) is 4.79 Å². The van der Waals surface area contributed by atoms with E-state index in [2.05, 4.69) is 10.3 Å². The Kier molecular flexibility index (Phi) is 4.52. The smallest absolute Gasteiger partial charge is 0.414 e. The molecule has 1 aromatic heterocycles. The molecule has 0 atom stereocenters. The first kappa shape index (κ1) is 15.0. The van der Waals surface area contributed by atoms with Crippen LogP contribution in [0, 0.1) is 0 Å². The van der Waals surface area contributed by atoms with Crippen molar-refractivity contribution < 1.29 is 14.3 Å². The number of nitrogens with one attached hydrogen (secondary N) is 1. The molecule has 0 spiro atoms. The van der Waals surface area contributed by atoms with Gasteiger partial charge in [0.1, 0.15) is 6.61 Å². The highest BCUT2D eigenvalue weighted by atomic mass is 16.6. The molecule has 1 aromatic carbocycles. The second-order valence-corrected chi connectivity index (χ2v) is 5.14. The first-order valence-electron chi connectivity index (χ1n) is 7.46. The fourth-order valence-corrected chi connectivity index (χ4v) is 2.40. The number of hydrogen-bond donors (Lipinski definition) is 1. The number of aromatic nitrogens is 1. The highest BCUT2D eigenvalue weighted by Gasteiger charge is 2.23. The number of hydrogen-bond acceptors (Lipinski definition) is 4. The van der Waals surface area contributed by atoms with Crippen molar-refractivity contribution in [2.45, 2.75) is 6.42 Å². The van der Waals surface area contributed by atoms with Crippen LogP contribution in [-0.4, -0.2) is 36.7 Å². The Hall–Kier alpha value is -2.89. The predicted molar refractivity (Wildman–Crippen MR) is 85.4 cm³/mol. The van der Waals surface area contributed by atoms with Crippen molar-refractivity contribution in [3.63, 3.8) is 0 Å².